The molecule has 0 radical (unpaired) electrons. The monoisotopic (exact) mass is 334 g/mol. The van der Waals surface area contributed by atoms with Gasteiger partial charge in [-0.15, -0.1) is 0 Å². The van der Waals surface area contributed by atoms with Crippen molar-refractivity contribution in [3.63, 3.8) is 0 Å². The zero-order chi connectivity index (χ0) is 17.7. The number of hydrogen-bond donors (Lipinski definition) is 1. The van der Waals surface area contributed by atoms with Gasteiger partial charge in [0.25, 0.3) is 0 Å². The third kappa shape index (κ3) is 5.49. The smallest absolute Gasteiger partial charge is 0.410 e. The van der Waals surface area contributed by atoms with E-state index in [1.807, 2.05) is 58.2 Å². The van der Waals surface area contributed by atoms with Gasteiger partial charge in [-0.2, -0.15) is 0 Å². The molecular weight excluding hydrogens is 304 g/mol. The van der Waals surface area contributed by atoms with Crippen molar-refractivity contribution in [2.45, 2.75) is 51.4 Å². The molecule has 1 saturated heterocycles. The number of hydrogen-bond acceptors (Lipinski definition) is 4. The molecule has 5 heteroatoms. The second-order valence-corrected chi connectivity index (χ2v) is 7.55. The molecule has 1 aliphatic rings. The number of aliphatic hydroxyl groups excluding tert-OH is 1. The predicted molar refractivity (Wildman–Crippen MR) is 94.9 cm³/mol. The number of carbonyl (C=O) groups is 1. The minimum absolute atomic E-state index is 0.199. The minimum atomic E-state index is -0.466. The summed E-state index contributed by atoms with van der Waals surface area (Å²) in [4.78, 5) is 16.1. The number of β-amino-alcohol motifs (C(OH)–C–C–N with tert-alkyl or cyclic N) is 1. The first-order valence-electron chi connectivity index (χ1n) is 8.67. The molecule has 1 atom stereocenters. The number of rotatable bonds is 4. The molecule has 24 heavy (non-hydrogen) atoms. The van der Waals surface area contributed by atoms with Crippen LogP contribution in [-0.4, -0.2) is 59.3 Å². The lowest BCUT2D eigenvalue weighted by Crippen LogP contribution is -2.47. The Morgan fingerprint density at radius 2 is 1.88 bits per heavy atom. The van der Waals surface area contributed by atoms with Gasteiger partial charge in [-0.25, -0.2) is 4.79 Å². The van der Waals surface area contributed by atoms with Crippen molar-refractivity contribution in [1.29, 1.82) is 0 Å². The van der Waals surface area contributed by atoms with Crippen LogP contribution in [0.5, 0.6) is 0 Å². The molecule has 1 amide bonds. The van der Waals surface area contributed by atoms with Crippen molar-refractivity contribution < 1.29 is 14.6 Å². The highest BCUT2D eigenvalue weighted by molar-refractivity contribution is 5.68. The largest absolute Gasteiger partial charge is 0.444 e. The molecule has 0 aliphatic carbocycles. The van der Waals surface area contributed by atoms with Gasteiger partial charge in [0, 0.05) is 32.7 Å². The third-order valence-electron chi connectivity index (χ3n) is 4.40. The molecule has 1 unspecified atom stereocenters. The van der Waals surface area contributed by atoms with Crippen LogP contribution in [0.25, 0.3) is 0 Å². The minimum Gasteiger partial charge on any atom is -0.444 e. The molecule has 134 valence electrons. The molecule has 1 aliphatic heterocycles. The van der Waals surface area contributed by atoms with E-state index in [-0.39, 0.29) is 12.1 Å². The summed E-state index contributed by atoms with van der Waals surface area (Å²) < 4.78 is 5.44. The number of piperidine rings is 1. The number of likely N-dealkylation sites (tertiary alicyclic amines) is 1. The standard InChI is InChI=1S/C19H30N2O3/c1-19(2,3)24-18(23)20(4)16-10-12-21(13-11-16)14-17(22)15-8-6-5-7-9-15/h5-9,16-17,22H,10-14H2,1-4H3. The molecule has 1 N–H and O–H groups in total. The van der Waals surface area contributed by atoms with Gasteiger partial charge in [0.2, 0.25) is 0 Å². The first-order chi connectivity index (χ1) is 11.3. The fraction of sp³-hybridized carbons (Fsp3) is 0.632. The highest BCUT2D eigenvalue weighted by atomic mass is 16.6. The summed E-state index contributed by atoms with van der Waals surface area (Å²) >= 11 is 0. The quantitative estimate of drug-likeness (QED) is 0.919. The van der Waals surface area contributed by atoms with E-state index in [0.717, 1.165) is 31.5 Å². The number of ether oxygens (including phenoxy) is 1. The lowest BCUT2D eigenvalue weighted by atomic mass is 10.0. The molecule has 0 aromatic heterocycles. The van der Waals surface area contributed by atoms with Crippen LogP contribution in [0.2, 0.25) is 0 Å². The van der Waals surface area contributed by atoms with E-state index < -0.39 is 11.7 Å². The van der Waals surface area contributed by atoms with Gasteiger partial charge in [0.15, 0.2) is 0 Å². The number of benzene rings is 1. The van der Waals surface area contributed by atoms with Crippen molar-refractivity contribution >= 4 is 6.09 Å². The number of carbonyl (C=O) groups excluding carboxylic acids is 1. The van der Waals surface area contributed by atoms with Crippen LogP contribution >= 0.6 is 0 Å². The summed E-state index contributed by atoms with van der Waals surface area (Å²) in [6.07, 6.45) is 1.07. The van der Waals surface area contributed by atoms with Crippen LogP contribution in [0.4, 0.5) is 4.79 Å². The highest BCUT2D eigenvalue weighted by Gasteiger charge is 2.29. The Morgan fingerprint density at radius 1 is 1.29 bits per heavy atom. The van der Waals surface area contributed by atoms with Gasteiger partial charge in [-0.05, 0) is 39.2 Å². The molecule has 1 aromatic carbocycles. The molecule has 5 nitrogen and oxygen atoms in total. The van der Waals surface area contributed by atoms with Crippen molar-refractivity contribution in [2.24, 2.45) is 0 Å². The average Bonchev–Trinajstić information content (AvgIpc) is 2.54. The van der Waals surface area contributed by atoms with E-state index in [4.69, 9.17) is 4.74 Å². The lowest BCUT2D eigenvalue weighted by molar-refractivity contribution is 0.0124. The zero-order valence-electron chi connectivity index (χ0n) is 15.2. The average molecular weight is 334 g/mol. The van der Waals surface area contributed by atoms with Crippen molar-refractivity contribution in [3.05, 3.63) is 35.9 Å². The van der Waals surface area contributed by atoms with Gasteiger partial charge in [-0.3, -0.25) is 0 Å². The van der Waals surface area contributed by atoms with Crippen molar-refractivity contribution in [2.75, 3.05) is 26.7 Å². The van der Waals surface area contributed by atoms with E-state index >= 15 is 0 Å². The molecule has 1 heterocycles. The van der Waals surface area contributed by atoms with Gasteiger partial charge in [0.1, 0.15) is 5.60 Å². The first-order valence-corrected chi connectivity index (χ1v) is 8.67. The van der Waals surface area contributed by atoms with E-state index in [1.165, 1.54) is 0 Å². The zero-order valence-corrected chi connectivity index (χ0v) is 15.2. The summed E-state index contributed by atoms with van der Waals surface area (Å²) in [5, 5.41) is 10.3. The maximum atomic E-state index is 12.2. The van der Waals surface area contributed by atoms with Gasteiger partial charge >= 0.3 is 6.09 Å². The maximum absolute atomic E-state index is 12.2. The summed E-state index contributed by atoms with van der Waals surface area (Å²) in [6.45, 7) is 8.03. The Hall–Kier alpha value is -1.59. The van der Waals surface area contributed by atoms with Crippen LogP contribution in [0.15, 0.2) is 30.3 Å². The summed E-state index contributed by atoms with van der Waals surface area (Å²) in [7, 11) is 1.81. The van der Waals surface area contributed by atoms with Gasteiger partial charge in [-0.1, -0.05) is 30.3 Å². The third-order valence-corrected chi connectivity index (χ3v) is 4.40. The van der Waals surface area contributed by atoms with E-state index in [0.29, 0.717) is 6.54 Å². The highest BCUT2D eigenvalue weighted by Crippen LogP contribution is 2.21. The molecule has 1 fully saturated rings. The Kier molecular flexibility index (Phi) is 6.24. The van der Waals surface area contributed by atoms with Crippen LogP contribution in [-0.2, 0) is 4.74 Å². The Labute approximate surface area is 145 Å². The van der Waals surface area contributed by atoms with Crippen LogP contribution in [0.3, 0.4) is 0 Å². The first kappa shape index (κ1) is 18.7. The molecule has 1 aromatic rings. The fourth-order valence-electron chi connectivity index (χ4n) is 3.00. The Balaban J connectivity index is 1.80. The second-order valence-electron chi connectivity index (χ2n) is 7.55. The number of amides is 1. The van der Waals surface area contributed by atoms with Crippen LogP contribution in [0, 0.1) is 0 Å². The number of nitrogens with zero attached hydrogens (tertiary/aromatic N) is 2. The molecule has 0 spiro atoms. The van der Waals surface area contributed by atoms with Crippen molar-refractivity contribution in [3.8, 4) is 0 Å². The van der Waals surface area contributed by atoms with Crippen molar-refractivity contribution in [1.82, 2.24) is 9.80 Å². The Bertz CT molecular complexity index is 519. The molecule has 2 rings (SSSR count). The van der Waals surface area contributed by atoms with Gasteiger partial charge in [0.05, 0.1) is 6.10 Å². The van der Waals surface area contributed by atoms with Crippen LogP contribution < -0.4 is 0 Å². The maximum Gasteiger partial charge on any atom is 0.410 e. The SMILES string of the molecule is CN(C(=O)OC(C)(C)C)C1CCN(CC(O)c2ccccc2)CC1. The number of aliphatic hydroxyl groups is 1. The van der Waals surface area contributed by atoms with E-state index in [2.05, 4.69) is 4.90 Å². The summed E-state index contributed by atoms with van der Waals surface area (Å²) in [6, 6.07) is 9.95. The summed E-state index contributed by atoms with van der Waals surface area (Å²) in [5.41, 5.74) is 0.483. The van der Waals surface area contributed by atoms with Gasteiger partial charge < -0.3 is 19.6 Å². The summed E-state index contributed by atoms with van der Waals surface area (Å²) in [5.74, 6) is 0. The predicted octanol–water partition coefficient (Wildman–Crippen LogP) is 3.05. The van der Waals surface area contributed by atoms with E-state index in [9.17, 15) is 9.90 Å². The topological polar surface area (TPSA) is 53.0 Å². The second kappa shape index (κ2) is 7.99. The normalized spacial score (nSPS) is 18.2. The van der Waals surface area contributed by atoms with E-state index in [1.54, 1.807) is 4.90 Å². The fourth-order valence-corrected chi connectivity index (χ4v) is 3.00. The Morgan fingerprint density at radius 3 is 2.42 bits per heavy atom. The van der Waals surface area contributed by atoms with Crippen LogP contribution in [0.1, 0.15) is 45.3 Å². The lowest BCUT2D eigenvalue weighted by Gasteiger charge is -2.37. The molecule has 0 bridgehead atoms. The molecular formula is C19H30N2O3. The molecule has 0 saturated carbocycles.